The van der Waals surface area contributed by atoms with Gasteiger partial charge in [0, 0.05) is 18.9 Å². The zero-order chi connectivity index (χ0) is 8.55. The van der Waals surface area contributed by atoms with Crippen molar-refractivity contribution in [3.8, 4) is 0 Å². The zero-order valence-electron chi connectivity index (χ0n) is 6.73. The van der Waals surface area contributed by atoms with Gasteiger partial charge in [-0.25, -0.2) is 4.98 Å². The van der Waals surface area contributed by atoms with Gasteiger partial charge in [0.05, 0.1) is 0 Å². The lowest BCUT2D eigenvalue weighted by Gasteiger charge is -2.03. The van der Waals surface area contributed by atoms with E-state index in [1.165, 1.54) is 12.8 Å². The van der Waals surface area contributed by atoms with Gasteiger partial charge in [-0.1, -0.05) is 12.2 Å². The van der Waals surface area contributed by atoms with Crippen molar-refractivity contribution in [2.45, 2.75) is 19.4 Å². The number of hydrogen-bond donors (Lipinski definition) is 1. The summed E-state index contributed by atoms with van der Waals surface area (Å²) in [4.78, 5) is 4.48. The summed E-state index contributed by atoms with van der Waals surface area (Å²) in [6.07, 6.45) is 6.34. The van der Waals surface area contributed by atoms with Gasteiger partial charge in [-0.2, -0.15) is 0 Å². The standard InChI is InChI=1S/C8H11N3S/c9-7(12)8-10-3-4-11(8)5-6-1-2-6/h3-4,6H,1-2,5H2,(H2,9,12). The molecule has 0 aromatic carbocycles. The highest BCUT2D eigenvalue weighted by Crippen LogP contribution is 2.30. The van der Waals surface area contributed by atoms with E-state index in [1.54, 1.807) is 6.20 Å². The molecule has 0 spiro atoms. The van der Waals surface area contributed by atoms with Crippen molar-refractivity contribution >= 4 is 17.2 Å². The summed E-state index contributed by atoms with van der Waals surface area (Å²) in [7, 11) is 0. The highest BCUT2D eigenvalue weighted by molar-refractivity contribution is 7.80. The van der Waals surface area contributed by atoms with Crippen LogP contribution in [0, 0.1) is 5.92 Å². The Morgan fingerprint density at radius 3 is 3.08 bits per heavy atom. The topological polar surface area (TPSA) is 43.8 Å². The van der Waals surface area contributed by atoms with Crippen LogP contribution in [-0.4, -0.2) is 14.5 Å². The number of hydrogen-bond acceptors (Lipinski definition) is 2. The minimum absolute atomic E-state index is 0.389. The minimum atomic E-state index is 0.389. The highest BCUT2D eigenvalue weighted by atomic mass is 32.1. The van der Waals surface area contributed by atoms with Crippen LogP contribution in [0.25, 0.3) is 0 Å². The largest absolute Gasteiger partial charge is 0.387 e. The summed E-state index contributed by atoms with van der Waals surface area (Å²) >= 11 is 4.87. The summed E-state index contributed by atoms with van der Waals surface area (Å²) in [5.74, 6) is 1.57. The molecule has 1 heterocycles. The number of nitrogens with zero attached hydrogens (tertiary/aromatic N) is 2. The van der Waals surface area contributed by atoms with E-state index in [-0.39, 0.29) is 0 Å². The maximum absolute atomic E-state index is 5.50. The SMILES string of the molecule is NC(=S)c1nccn1CC1CC1. The smallest absolute Gasteiger partial charge is 0.167 e. The zero-order valence-corrected chi connectivity index (χ0v) is 7.55. The van der Waals surface area contributed by atoms with Crippen molar-refractivity contribution in [3.05, 3.63) is 18.2 Å². The van der Waals surface area contributed by atoms with E-state index >= 15 is 0 Å². The van der Waals surface area contributed by atoms with Gasteiger partial charge in [0.25, 0.3) is 0 Å². The van der Waals surface area contributed by atoms with E-state index in [1.807, 2.05) is 10.8 Å². The first-order valence-electron chi connectivity index (χ1n) is 4.08. The number of nitrogens with two attached hydrogens (primary N) is 1. The van der Waals surface area contributed by atoms with E-state index in [9.17, 15) is 0 Å². The van der Waals surface area contributed by atoms with Crippen molar-refractivity contribution in [1.82, 2.24) is 9.55 Å². The molecule has 2 rings (SSSR count). The number of aromatic nitrogens is 2. The van der Waals surface area contributed by atoms with Gasteiger partial charge < -0.3 is 10.3 Å². The summed E-state index contributed by atoms with van der Waals surface area (Å²) in [6.45, 7) is 1.02. The van der Waals surface area contributed by atoms with Crippen LogP contribution in [0.15, 0.2) is 12.4 Å². The summed E-state index contributed by atoms with van der Waals surface area (Å²) in [5, 5.41) is 0. The third-order valence-corrected chi connectivity index (χ3v) is 2.27. The molecule has 12 heavy (non-hydrogen) atoms. The predicted octanol–water partition coefficient (Wildman–Crippen LogP) is 0.927. The molecule has 0 saturated heterocycles. The Morgan fingerprint density at radius 2 is 2.50 bits per heavy atom. The Morgan fingerprint density at radius 1 is 1.75 bits per heavy atom. The van der Waals surface area contributed by atoms with E-state index < -0.39 is 0 Å². The number of imidazole rings is 1. The van der Waals surface area contributed by atoms with Gasteiger partial charge in [0.15, 0.2) is 5.82 Å². The Bertz CT molecular complexity index is 301. The summed E-state index contributed by atoms with van der Waals surface area (Å²) < 4.78 is 2.04. The molecular weight excluding hydrogens is 170 g/mol. The van der Waals surface area contributed by atoms with E-state index in [0.29, 0.717) is 4.99 Å². The molecule has 1 aliphatic carbocycles. The average molecular weight is 181 g/mol. The molecule has 64 valence electrons. The van der Waals surface area contributed by atoms with Crippen molar-refractivity contribution in [2.75, 3.05) is 0 Å². The van der Waals surface area contributed by atoms with E-state index in [0.717, 1.165) is 18.3 Å². The van der Waals surface area contributed by atoms with Crippen LogP contribution < -0.4 is 5.73 Å². The predicted molar refractivity (Wildman–Crippen MR) is 50.8 cm³/mol. The second-order valence-electron chi connectivity index (χ2n) is 3.21. The maximum atomic E-state index is 5.50. The first kappa shape index (κ1) is 7.73. The second kappa shape index (κ2) is 2.86. The molecule has 3 nitrogen and oxygen atoms in total. The fourth-order valence-corrected chi connectivity index (χ4v) is 1.43. The molecule has 1 saturated carbocycles. The molecule has 0 atom stereocenters. The average Bonchev–Trinajstić information content (AvgIpc) is 2.66. The molecular formula is C8H11N3S. The van der Waals surface area contributed by atoms with Gasteiger partial charge in [-0.3, -0.25) is 0 Å². The third-order valence-electron chi connectivity index (χ3n) is 2.09. The first-order valence-corrected chi connectivity index (χ1v) is 4.49. The fourth-order valence-electron chi connectivity index (χ4n) is 1.26. The fraction of sp³-hybridized carbons (Fsp3) is 0.500. The lowest BCUT2D eigenvalue weighted by Crippen LogP contribution is -2.17. The normalized spacial score (nSPS) is 16.3. The second-order valence-corrected chi connectivity index (χ2v) is 3.65. The van der Waals surface area contributed by atoms with Gasteiger partial charge in [-0.05, 0) is 18.8 Å². The lowest BCUT2D eigenvalue weighted by molar-refractivity contribution is 0.622. The van der Waals surface area contributed by atoms with Gasteiger partial charge in [0.1, 0.15) is 4.99 Å². The molecule has 1 fully saturated rings. The van der Waals surface area contributed by atoms with Crippen molar-refractivity contribution in [3.63, 3.8) is 0 Å². The minimum Gasteiger partial charge on any atom is -0.387 e. The molecule has 2 N–H and O–H groups in total. The van der Waals surface area contributed by atoms with E-state index in [2.05, 4.69) is 4.98 Å². The van der Waals surface area contributed by atoms with Crippen LogP contribution >= 0.6 is 12.2 Å². The van der Waals surface area contributed by atoms with Crippen LogP contribution in [0.4, 0.5) is 0 Å². The van der Waals surface area contributed by atoms with E-state index in [4.69, 9.17) is 18.0 Å². The van der Waals surface area contributed by atoms with Crippen LogP contribution in [-0.2, 0) is 6.54 Å². The highest BCUT2D eigenvalue weighted by Gasteiger charge is 2.22. The molecule has 1 aromatic heterocycles. The van der Waals surface area contributed by atoms with Crippen molar-refractivity contribution < 1.29 is 0 Å². The molecule has 0 aliphatic heterocycles. The number of rotatable bonds is 3. The van der Waals surface area contributed by atoms with Crippen LogP contribution in [0.3, 0.4) is 0 Å². The Hall–Kier alpha value is -0.900. The first-order chi connectivity index (χ1) is 5.77. The van der Waals surface area contributed by atoms with Crippen LogP contribution in [0.5, 0.6) is 0 Å². The van der Waals surface area contributed by atoms with Crippen molar-refractivity contribution in [2.24, 2.45) is 11.7 Å². The van der Waals surface area contributed by atoms with Gasteiger partial charge in [0.2, 0.25) is 0 Å². The van der Waals surface area contributed by atoms with Gasteiger partial charge in [-0.15, -0.1) is 0 Å². The number of thiocarbonyl (C=S) groups is 1. The van der Waals surface area contributed by atoms with Gasteiger partial charge >= 0.3 is 0 Å². The third kappa shape index (κ3) is 1.48. The lowest BCUT2D eigenvalue weighted by atomic mass is 10.4. The Labute approximate surface area is 76.6 Å². The molecule has 0 bridgehead atoms. The molecule has 0 radical (unpaired) electrons. The van der Waals surface area contributed by atoms with Crippen molar-refractivity contribution in [1.29, 1.82) is 0 Å². The molecule has 1 aliphatic rings. The summed E-state index contributed by atoms with van der Waals surface area (Å²) in [6, 6.07) is 0. The molecule has 4 heteroatoms. The van der Waals surface area contributed by atoms with Crippen LogP contribution in [0.2, 0.25) is 0 Å². The quantitative estimate of drug-likeness (QED) is 0.705. The Balaban J connectivity index is 2.17. The molecule has 0 amide bonds. The van der Waals surface area contributed by atoms with Crippen LogP contribution in [0.1, 0.15) is 18.7 Å². The molecule has 0 unspecified atom stereocenters. The summed E-state index contributed by atoms with van der Waals surface area (Å²) in [5.41, 5.74) is 5.50. The maximum Gasteiger partial charge on any atom is 0.167 e. The Kier molecular flexibility index (Phi) is 1.84. The monoisotopic (exact) mass is 181 g/mol. The molecule has 1 aromatic rings.